The summed E-state index contributed by atoms with van der Waals surface area (Å²) in [5.74, 6) is 0. The van der Waals surface area contributed by atoms with Crippen LogP contribution in [0.2, 0.25) is 0 Å². The first-order chi connectivity index (χ1) is 10.7. The topological polar surface area (TPSA) is 145 Å². The van der Waals surface area contributed by atoms with Crippen molar-refractivity contribution in [2.45, 2.75) is 0 Å². The van der Waals surface area contributed by atoms with Crippen LogP contribution < -0.4 is 29.6 Å². The molecule has 2 aromatic heterocycles. The Morgan fingerprint density at radius 3 is 1.75 bits per heavy atom. The van der Waals surface area contributed by atoms with Gasteiger partial charge in [-0.15, -0.1) is 0 Å². The Balaban J connectivity index is 0.00000264. The van der Waals surface area contributed by atoms with Crippen LogP contribution in [0.15, 0.2) is 18.3 Å². The SMILES string of the molecule is N#Cc1cc(-c2c(C#N)c(C#N)nc(C#N)c2C#N)ccn1.[Fe+2].[Na+]. The molecule has 0 bridgehead atoms. The van der Waals surface area contributed by atoms with Crippen LogP contribution in [-0.2, 0) is 17.1 Å². The van der Waals surface area contributed by atoms with Crippen LogP contribution in [0.3, 0.4) is 0 Å². The number of rotatable bonds is 1. The summed E-state index contributed by atoms with van der Waals surface area (Å²) in [5, 5.41) is 45.6. The van der Waals surface area contributed by atoms with Crippen molar-refractivity contribution in [1.82, 2.24) is 9.97 Å². The summed E-state index contributed by atoms with van der Waals surface area (Å²) in [6.07, 6.45) is 1.34. The molecular formula is C15H3FeN7Na+3. The number of hydrogen-bond acceptors (Lipinski definition) is 7. The van der Waals surface area contributed by atoms with E-state index in [4.69, 9.17) is 15.8 Å². The van der Waals surface area contributed by atoms with Gasteiger partial charge >= 0.3 is 46.6 Å². The van der Waals surface area contributed by atoms with Gasteiger partial charge in [-0.25, -0.2) is 9.97 Å². The summed E-state index contributed by atoms with van der Waals surface area (Å²) in [5.41, 5.74) is -0.200. The average molecular weight is 360 g/mol. The Labute approximate surface area is 170 Å². The van der Waals surface area contributed by atoms with Crippen molar-refractivity contribution in [3.05, 3.63) is 46.5 Å². The Hall–Kier alpha value is -2.73. The summed E-state index contributed by atoms with van der Waals surface area (Å²) in [6.45, 7) is 0. The van der Waals surface area contributed by atoms with Gasteiger partial charge < -0.3 is 0 Å². The summed E-state index contributed by atoms with van der Waals surface area (Å²) >= 11 is 0. The van der Waals surface area contributed by atoms with Gasteiger partial charge in [0.1, 0.15) is 36.0 Å². The van der Waals surface area contributed by atoms with Crippen LogP contribution in [0.5, 0.6) is 0 Å². The first kappa shape index (κ1) is 21.3. The molecule has 7 nitrogen and oxygen atoms in total. The number of nitrogens with zero attached hydrogens (tertiary/aromatic N) is 7. The van der Waals surface area contributed by atoms with Crippen LogP contribution in [0.4, 0.5) is 0 Å². The predicted molar refractivity (Wildman–Crippen MR) is 71.0 cm³/mol. The number of hydrogen-bond donors (Lipinski definition) is 0. The molecule has 0 saturated carbocycles. The van der Waals surface area contributed by atoms with E-state index in [2.05, 4.69) is 9.97 Å². The fraction of sp³-hybridized carbons (Fsp3) is 0. The Morgan fingerprint density at radius 1 is 0.792 bits per heavy atom. The molecule has 0 aromatic carbocycles. The quantitative estimate of drug-likeness (QED) is 0.563. The van der Waals surface area contributed by atoms with Crippen molar-refractivity contribution in [2.24, 2.45) is 0 Å². The summed E-state index contributed by atoms with van der Waals surface area (Å²) in [6, 6.07) is 11.8. The second-order valence-electron chi connectivity index (χ2n) is 3.92. The summed E-state index contributed by atoms with van der Waals surface area (Å²) in [7, 11) is 0. The van der Waals surface area contributed by atoms with Gasteiger partial charge in [0, 0.05) is 11.8 Å². The van der Waals surface area contributed by atoms with Crippen LogP contribution in [0.25, 0.3) is 11.1 Å². The molecule has 0 atom stereocenters. The normalized spacial score (nSPS) is 7.96. The largest absolute Gasteiger partial charge is 2.00 e. The molecule has 0 aliphatic heterocycles. The molecule has 24 heavy (non-hydrogen) atoms. The van der Waals surface area contributed by atoms with Gasteiger partial charge in [-0.05, 0) is 17.7 Å². The molecule has 2 aromatic rings. The van der Waals surface area contributed by atoms with Gasteiger partial charge in [0.05, 0.1) is 11.1 Å². The van der Waals surface area contributed by atoms with E-state index in [9.17, 15) is 10.5 Å². The Bertz CT molecular complexity index is 947. The molecule has 0 spiro atoms. The van der Waals surface area contributed by atoms with E-state index in [1.54, 1.807) is 12.1 Å². The minimum absolute atomic E-state index is 0. The Kier molecular flexibility index (Phi) is 8.35. The standard InChI is InChI=1S/C15H3N7.Fe.Na/c16-4-10-3-9(1-2-21-10)15-11(5-17)13(7-19)22-14(8-20)12(15)6-18;;/h1-3H;;/q;+2;+1. The van der Waals surface area contributed by atoms with Gasteiger partial charge in [0.2, 0.25) is 0 Å². The minimum atomic E-state index is -0.247. The molecule has 2 heterocycles. The average Bonchev–Trinajstić information content (AvgIpc) is 2.59. The zero-order chi connectivity index (χ0) is 16.1. The zero-order valence-corrected chi connectivity index (χ0v) is 15.3. The van der Waals surface area contributed by atoms with E-state index >= 15 is 0 Å². The molecule has 0 radical (unpaired) electrons. The van der Waals surface area contributed by atoms with E-state index in [1.807, 2.05) is 18.2 Å². The third-order valence-electron chi connectivity index (χ3n) is 2.80. The maximum atomic E-state index is 9.29. The second-order valence-corrected chi connectivity index (χ2v) is 3.92. The van der Waals surface area contributed by atoms with E-state index in [1.165, 1.54) is 18.3 Å². The third-order valence-corrected chi connectivity index (χ3v) is 2.80. The molecule has 0 amide bonds. The first-order valence-corrected chi connectivity index (χ1v) is 5.75. The van der Waals surface area contributed by atoms with Crippen LogP contribution in [0, 0.1) is 56.7 Å². The van der Waals surface area contributed by atoms with Crippen molar-refractivity contribution < 1.29 is 46.6 Å². The summed E-state index contributed by atoms with van der Waals surface area (Å²) < 4.78 is 0. The van der Waals surface area contributed by atoms with E-state index in [0.717, 1.165) is 0 Å². The zero-order valence-electron chi connectivity index (χ0n) is 12.2. The Morgan fingerprint density at radius 2 is 1.33 bits per heavy atom. The van der Waals surface area contributed by atoms with E-state index in [-0.39, 0.29) is 80.4 Å². The molecule has 0 unspecified atom stereocenters. The molecule has 0 saturated heterocycles. The van der Waals surface area contributed by atoms with E-state index < -0.39 is 0 Å². The van der Waals surface area contributed by atoms with Gasteiger partial charge in [0.25, 0.3) is 0 Å². The number of aromatic nitrogens is 2. The second kappa shape index (κ2) is 9.42. The molecular weight excluding hydrogens is 357 g/mol. The smallest absolute Gasteiger partial charge is 0.246 e. The van der Waals surface area contributed by atoms with Gasteiger partial charge in [0.15, 0.2) is 11.4 Å². The number of pyridine rings is 2. The van der Waals surface area contributed by atoms with Crippen molar-refractivity contribution in [1.29, 1.82) is 26.3 Å². The van der Waals surface area contributed by atoms with Crippen LogP contribution in [0.1, 0.15) is 28.2 Å². The fourth-order valence-electron chi connectivity index (χ4n) is 1.90. The van der Waals surface area contributed by atoms with Crippen molar-refractivity contribution >= 4 is 0 Å². The maximum absolute atomic E-state index is 9.29. The monoisotopic (exact) mass is 360 g/mol. The van der Waals surface area contributed by atoms with Gasteiger partial charge in [-0.2, -0.15) is 26.3 Å². The maximum Gasteiger partial charge on any atom is 2.00 e. The molecule has 0 aliphatic rings. The molecule has 2 rings (SSSR count). The van der Waals surface area contributed by atoms with Crippen molar-refractivity contribution in [3.63, 3.8) is 0 Å². The predicted octanol–water partition coefficient (Wildman–Crippen LogP) is -1.50. The molecule has 0 aliphatic carbocycles. The molecule has 9 heteroatoms. The number of nitriles is 5. The fourth-order valence-corrected chi connectivity index (χ4v) is 1.90. The molecule has 104 valence electrons. The van der Waals surface area contributed by atoms with Gasteiger partial charge in [-0.1, -0.05) is 0 Å². The van der Waals surface area contributed by atoms with Crippen molar-refractivity contribution in [3.8, 4) is 41.5 Å². The van der Waals surface area contributed by atoms with Gasteiger partial charge in [-0.3, -0.25) is 0 Å². The summed E-state index contributed by atoms with van der Waals surface area (Å²) in [4.78, 5) is 7.54. The molecule has 0 fully saturated rings. The van der Waals surface area contributed by atoms with Crippen LogP contribution in [-0.4, -0.2) is 9.97 Å². The minimum Gasteiger partial charge on any atom is -0.246 e. The third kappa shape index (κ3) is 3.78. The van der Waals surface area contributed by atoms with E-state index in [0.29, 0.717) is 5.56 Å². The van der Waals surface area contributed by atoms with Crippen LogP contribution >= 0.6 is 0 Å². The van der Waals surface area contributed by atoms with Crippen molar-refractivity contribution in [2.75, 3.05) is 0 Å². The first-order valence-electron chi connectivity index (χ1n) is 5.75. The molecule has 0 N–H and O–H groups in total.